The molecular weight excluding hydrogens is 129 g/mol. The van der Waals surface area contributed by atoms with Crippen LogP contribution in [-0.4, -0.2) is 0 Å². The van der Waals surface area contributed by atoms with Gasteiger partial charge in [0.2, 0.25) is 0 Å². The van der Waals surface area contributed by atoms with Gasteiger partial charge in [-0.1, -0.05) is 13.2 Å². The second-order valence-electron chi connectivity index (χ2n) is 1.87. The lowest BCUT2D eigenvalue weighted by atomic mass is 10.2. The summed E-state index contributed by atoms with van der Waals surface area (Å²) in [6, 6.07) is 1.77. The van der Waals surface area contributed by atoms with Gasteiger partial charge in [0.25, 0.3) is 0 Å². The highest BCUT2D eigenvalue weighted by Crippen LogP contribution is 2.09. The van der Waals surface area contributed by atoms with Gasteiger partial charge in [-0.05, 0) is 18.6 Å². The minimum Gasteiger partial charge on any atom is -0.207 e. The van der Waals surface area contributed by atoms with Crippen LogP contribution in [0.5, 0.6) is 0 Å². The van der Waals surface area contributed by atoms with Crippen molar-refractivity contribution in [2.75, 3.05) is 0 Å². The fourth-order valence-electron chi connectivity index (χ4n) is 0.372. The van der Waals surface area contributed by atoms with Gasteiger partial charge < -0.3 is 0 Å². The molecule has 52 valence electrons. The summed E-state index contributed by atoms with van der Waals surface area (Å²) in [6.07, 6.45) is 1.35. The second kappa shape index (κ2) is 3.62. The van der Waals surface area contributed by atoms with Crippen molar-refractivity contribution < 1.29 is 4.39 Å². The molecule has 1 nitrogen and oxygen atoms in total. The minimum absolute atomic E-state index is 0.233. The Bertz CT molecular complexity index is 230. The highest BCUT2D eigenvalue weighted by molar-refractivity contribution is 5.36. The van der Waals surface area contributed by atoms with Gasteiger partial charge in [0.1, 0.15) is 5.83 Å². The van der Waals surface area contributed by atoms with E-state index in [1.54, 1.807) is 6.07 Å². The van der Waals surface area contributed by atoms with Crippen LogP contribution in [0.1, 0.15) is 6.92 Å². The van der Waals surface area contributed by atoms with Crippen LogP contribution >= 0.6 is 0 Å². The lowest BCUT2D eigenvalue weighted by Gasteiger charge is -1.91. The molecule has 0 radical (unpaired) electrons. The van der Waals surface area contributed by atoms with Crippen LogP contribution in [0.2, 0.25) is 0 Å². The molecule has 0 aliphatic rings. The van der Waals surface area contributed by atoms with Gasteiger partial charge in [-0.3, -0.25) is 0 Å². The van der Waals surface area contributed by atoms with Crippen LogP contribution in [0.25, 0.3) is 0 Å². The smallest absolute Gasteiger partial charge is 0.119 e. The molecule has 0 unspecified atom stereocenters. The van der Waals surface area contributed by atoms with Crippen molar-refractivity contribution in [3.8, 4) is 6.07 Å². The van der Waals surface area contributed by atoms with Gasteiger partial charge in [0.15, 0.2) is 0 Å². The van der Waals surface area contributed by atoms with Gasteiger partial charge in [-0.25, -0.2) is 4.39 Å². The lowest BCUT2D eigenvalue weighted by molar-refractivity contribution is 0.656. The van der Waals surface area contributed by atoms with Gasteiger partial charge in [0.05, 0.1) is 6.07 Å². The molecule has 0 bridgehead atoms. The summed E-state index contributed by atoms with van der Waals surface area (Å²) in [5.74, 6) is -0.531. The molecule has 0 aliphatic heterocycles. The standard InChI is InChI=1S/C8H8FN/c1-6(5-10)4-7(2)8(3)9/h4H,1,3H2,2H3/b7-4-. The predicted molar refractivity (Wildman–Crippen MR) is 38.8 cm³/mol. The van der Waals surface area contributed by atoms with Crippen LogP contribution in [0.15, 0.2) is 36.2 Å². The van der Waals surface area contributed by atoms with Crippen LogP contribution < -0.4 is 0 Å². The average Bonchev–Trinajstić information content (AvgIpc) is 1.87. The summed E-state index contributed by atoms with van der Waals surface area (Å²) >= 11 is 0. The molecule has 2 heteroatoms. The second-order valence-corrected chi connectivity index (χ2v) is 1.87. The van der Waals surface area contributed by atoms with E-state index in [2.05, 4.69) is 13.2 Å². The SMILES string of the molecule is C=C(C#N)/C=C(/C)C(=C)F. The van der Waals surface area contributed by atoms with E-state index in [4.69, 9.17) is 5.26 Å². The zero-order chi connectivity index (χ0) is 8.15. The zero-order valence-corrected chi connectivity index (χ0v) is 5.82. The quantitative estimate of drug-likeness (QED) is 0.423. The third-order valence-corrected chi connectivity index (χ3v) is 0.962. The summed E-state index contributed by atoms with van der Waals surface area (Å²) in [5, 5.41) is 8.22. The average molecular weight is 137 g/mol. The van der Waals surface area contributed by atoms with Gasteiger partial charge in [-0.2, -0.15) is 5.26 Å². The Morgan fingerprint density at radius 3 is 2.40 bits per heavy atom. The minimum atomic E-state index is -0.531. The van der Waals surface area contributed by atoms with Gasteiger partial charge >= 0.3 is 0 Å². The molecule has 0 amide bonds. The molecule has 0 aromatic carbocycles. The molecule has 0 heterocycles. The molecule has 0 aromatic rings. The summed E-state index contributed by atoms with van der Waals surface area (Å²) < 4.78 is 12.2. The number of allylic oxidation sites excluding steroid dienone is 4. The van der Waals surface area contributed by atoms with Crippen molar-refractivity contribution in [1.29, 1.82) is 5.26 Å². The molecule has 0 saturated carbocycles. The maximum absolute atomic E-state index is 12.2. The fraction of sp³-hybridized carbons (Fsp3) is 0.125. The third-order valence-electron chi connectivity index (χ3n) is 0.962. The van der Waals surface area contributed by atoms with Crippen molar-refractivity contribution in [1.82, 2.24) is 0 Å². The maximum Gasteiger partial charge on any atom is 0.119 e. The number of nitriles is 1. The Labute approximate surface area is 59.8 Å². The van der Waals surface area contributed by atoms with E-state index in [1.807, 2.05) is 0 Å². The molecule has 0 rings (SSSR count). The number of halogens is 1. The molecule has 0 spiro atoms. The molecule has 0 saturated heterocycles. The Balaban J connectivity index is 4.35. The van der Waals surface area contributed by atoms with Crippen molar-refractivity contribution >= 4 is 0 Å². The van der Waals surface area contributed by atoms with E-state index in [0.29, 0.717) is 5.57 Å². The maximum atomic E-state index is 12.2. The molecule has 0 atom stereocenters. The normalized spacial score (nSPS) is 10.3. The summed E-state index contributed by atoms with van der Waals surface area (Å²) in [7, 11) is 0. The van der Waals surface area contributed by atoms with Crippen LogP contribution in [0, 0.1) is 11.3 Å². The topological polar surface area (TPSA) is 23.8 Å². The summed E-state index contributed by atoms with van der Waals surface area (Å²) in [6.45, 7) is 7.94. The van der Waals surface area contributed by atoms with Crippen LogP contribution in [-0.2, 0) is 0 Å². The van der Waals surface area contributed by atoms with Crippen molar-refractivity contribution in [3.05, 3.63) is 36.2 Å². The first-order chi connectivity index (χ1) is 4.57. The molecule has 0 N–H and O–H groups in total. The highest BCUT2D eigenvalue weighted by Gasteiger charge is 1.93. The van der Waals surface area contributed by atoms with E-state index >= 15 is 0 Å². The van der Waals surface area contributed by atoms with Crippen LogP contribution in [0.3, 0.4) is 0 Å². The van der Waals surface area contributed by atoms with Crippen molar-refractivity contribution in [2.24, 2.45) is 0 Å². The largest absolute Gasteiger partial charge is 0.207 e. The summed E-state index contributed by atoms with van der Waals surface area (Å²) in [4.78, 5) is 0. The molecule has 0 fully saturated rings. The zero-order valence-electron chi connectivity index (χ0n) is 5.82. The number of hydrogen-bond acceptors (Lipinski definition) is 1. The Morgan fingerprint density at radius 2 is 2.10 bits per heavy atom. The first-order valence-corrected chi connectivity index (χ1v) is 2.70. The van der Waals surface area contributed by atoms with E-state index in [0.717, 1.165) is 0 Å². The number of nitrogens with zero attached hydrogens (tertiary/aromatic N) is 1. The van der Waals surface area contributed by atoms with Crippen molar-refractivity contribution in [2.45, 2.75) is 6.92 Å². The van der Waals surface area contributed by atoms with E-state index in [9.17, 15) is 4.39 Å². The molecular formula is C8H8FN. The van der Waals surface area contributed by atoms with Gasteiger partial charge in [-0.15, -0.1) is 0 Å². The monoisotopic (exact) mass is 137 g/mol. The fourth-order valence-corrected chi connectivity index (χ4v) is 0.372. The molecule has 0 aromatic heterocycles. The van der Waals surface area contributed by atoms with Crippen molar-refractivity contribution in [3.63, 3.8) is 0 Å². The first kappa shape index (κ1) is 8.64. The number of rotatable bonds is 2. The van der Waals surface area contributed by atoms with Gasteiger partial charge in [0, 0.05) is 5.57 Å². The highest BCUT2D eigenvalue weighted by atomic mass is 19.1. The van der Waals surface area contributed by atoms with E-state index < -0.39 is 5.83 Å². The Hall–Kier alpha value is -1.36. The first-order valence-electron chi connectivity index (χ1n) is 2.70. The van der Waals surface area contributed by atoms with E-state index in [1.165, 1.54) is 13.0 Å². The number of hydrogen-bond donors (Lipinski definition) is 0. The van der Waals surface area contributed by atoms with E-state index in [-0.39, 0.29) is 5.57 Å². The lowest BCUT2D eigenvalue weighted by Crippen LogP contribution is -1.75. The molecule has 0 aliphatic carbocycles. The third kappa shape index (κ3) is 2.83. The summed E-state index contributed by atoms with van der Waals surface area (Å²) in [5.41, 5.74) is 0.572. The Morgan fingerprint density at radius 1 is 1.60 bits per heavy atom. The Kier molecular flexibility index (Phi) is 3.13. The van der Waals surface area contributed by atoms with Crippen LogP contribution in [0.4, 0.5) is 4.39 Å². The predicted octanol–water partition coefficient (Wildman–Crippen LogP) is 2.50. The molecule has 10 heavy (non-hydrogen) atoms.